The number of hydrogen-bond acceptors (Lipinski definition) is 2. The van der Waals surface area contributed by atoms with Crippen molar-refractivity contribution in [3.8, 4) is 0 Å². The van der Waals surface area contributed by atoms with Gasteiger partial charge in [-0.05, 0) is 26.8 Å². The Labute approximate surface area is 75.7 Å². The molecule has 1 atom stereocenters. The van der Waals surface area contributed by atoms with E-state index in [2.05, 4.69) is 19.2 Å². The lowest BCUT2D eigenvalue weighted by molar-refractivity contribution is -0.124. The molecule has 0 aliphatic carbocycles. The van der Waals surface area contributed by atoms with Crippen LogP contribution in [0, 0.1) is 5.92 Å². The second kappa shape index (κ2) is 4.61. The maximum atomic E-state index is 11.6. The average Bonchev–Trinajstić information content (AvgIpc) is 2.04. The summed E-state index contributed by atoms with van der Waals surface area (Å²) in [5.41, 5.74) is -0.358. The van der Waals surface area contributed by atoms with Gasteiger partial charge in [-0.25, -0.2) is 0 Å². The topological polar surface area (TPSA) is 29.1 Å². The highest BCUT2D eigenvalue weighted by molar-refractivity contribution is 5.87. The molecular formula is C10H21NO. The Balaban J connectivity index is 4.03. The Kier molecular flexibility index (Phi) is 4.46. The monoisotopic (exact) mass is 171 g/mol. The van der Waals surface area contributed by atoms with Crippen LogP contribution in [0.25, 0.3) is 0 Å². The summed E-state index contributed by atoms with van der Waals surface area (Å²) in [7, 11) is 1.83. The van der Waals surface area contributed by atoms with Gasteiger partial charge in [-0.15, -0.1) is 0 Å². The molecule has 0 heterocycles. The van der Waals surface area contributed by atoms with Gasteiger partial charge in [0.2, 0.25) is 0 Å². The fourth-order valence-corrected chi connectivity index (χ4v) is 0.855. The smallest absolute Gasteiger partial charge is 0.152 e. The fourth-order valence-electron chi connectivity index (χ4n) is 0.855. The van der Waals surface area contributed by atoms with E-state index in [9.17, 15) is 4.79 Å². The van der Waals surface area contributed by atoms with Crippen molar-refractivity contribution < 1.29 is 4.79 Å². The van der Waals surface area contributed by atoms with E-state index < -0.39 is 0 Å². The van der Waals surface area contributed by atoms with Crippen LogP contribution in [0.3, 0.4) is 0 Å². The molecule has 0 saturated carbocycles. The molecule has 1 unspecified atom stereocenters. The zero-order valence-electron chi connectivity index (χ0n) is 8.90. The molecule has 72 valence electrons. The predicted octanol–water partition coefficient (Wildman–Crippen LogP) is 1.99. The first-order valence-electron chi connectivity index (χ1n) is 4.66. The van der Waals surface area contributed by atoms with Crippen LogP contribution in [0.1, 0.15) is 40.5 Å². The van der Waals surface area contributed by atoms with Crippen molar-refractivity contribution >= 4 is 5.78 Å². The van der Waals surface area contributed by atoms with Gasteiger partial charge in [0, 0.05) is 6.42 Å². The molecule has 2 nitrogen and oxygen atoms in total. The van der Waals surface area contributed by atoms with Gasteiger partial charge >= 0.3 is 0 Å². The molecule has 0 saturated heterocycles. The minimum Gasteiger partial charge on any atom is -0.308 e. The molecular weight excluding hydrogens is 150 g/mol. The van der Waals surface area contributed by atoms with Gasteiger partial charge in [0.15, 0.2) is 5.78 Å². The highest BCUT2D eigenvalue weighted by atomic mass is 16.1. The number of Topliss-reactive ketones (excluding diaryl/α,β-unsaturated/α-hetero) is 1. The largest absolute Gasteiger partial charge is 0.308 e. The maximum absolute atomic E-state index is 11.6. The number of carbonyl (C=O) groups is 1. The normalized spacial score (nSPS) is 14.4. The molecule has 0 aromatic heterocycles. The predicted molar refractivity (Wildman–Crippen MR) is 52.2 cm³/mol. The third kappa shape index (κ3) is 3.35. The summed E-state index contributed by atoms with van der Waals surface area (Å²) in [6.07, 6.45) is 1.76. The molecule has 0 aliphatic heterocycles. The van der Waals surface area contributed by atoms with Crippen LogP contribution in [0.2, 0.25) is 0 Å². The van der Waals surface area contributed by atoms with Crippen LogP contribution in [0.15, 0.2) is 0 Å². The van der Waals surface area contributed by atoms with Crippen LogP contribution < -0.4 is 5.32 Å². The molecule has 0 radical (unpaired) electrons. The highest BCUT2D eigenvalue weighted by Crippen LogP contribution is 2.13. The van der Waals surface area contributed by atoms with Crippen molar-refractivity contribution in [1.29, 1.82) is 0 Å². The third-order valence-corrected chi connectivity index (χ3v) is 2.55. The van der Waals surface area contributed by atoms with Crippen LogP contribution in [0.5, 0.6) is 0 Å². The van der Waals surface area contributed by atoms with Crippen LogP contribution in [0.4, 0.5) is 0 Å². The molecule has 1 N–H and O–H groups in total. The van der Waals surface area contributed by atoms with E-state index in [1.165, 1.54) is 0 Å². The summed E-state index contributed by atoms with van der Waals surface area (Å²) in [6, 6.07) is 0. The van der Waals surface area contributed by atoms with E-state index in [4.69, 9.17) is 0 Å². The minimum atomic E-state index is -0.358. The number of rotatable bonds is 5. The second-order valence-corrected chi connectivity index (χ2v) is 4.02. The van der Waals surface area contributed by atoms with Gasteiger partial charge in [-0.1, -0.05) is 20.3 Å². The van der Waals surface area contributed by atoms with Crippen LogP contribution in [-0.2, 0) is 4.79 Å². The van der Waals surface area contributed by atoms with Gasteiger partial charge < -0.3 is 5.32 Å². The molecule has 0 aromatic carbocycles. The SMILES string of the molecule is CCC(C)CC(=O)C(C)(C)NC. The Hall–Kier alpha value is -0.370. The van der Waals surface area contributed by atoms with Crippen molar-refractivity contribution in [1.82, 2.24) is 5.32 Å². The highest BCUT2D eigenvalue weighted by Gasteiger charge is 2.25. The summed E-state index contributed by atoms with van der Waals surface area (Å²) < 4.78 is 0. The van der Waals surface area contributed by atoms with Crippen molar-refractivity contribution in [2.45, 2.75) is 46.1 Å². The fraction of sp³-hybridized carbons (Fsp3) is 0.900. The third-order valence-electron chi connectivity index (χ3n) is 2.55. The van der Waals surface area contributed by atoms with Crippen LogP contribution in [-0.4, -0.2) is 18.4 Å². The summed E-state index contributed by atoms with van der Waals surface area (Å²) in [5, 5.41) is 3.02. The van der Waals surface area contributed by atoms with Crippen molar-refractivity contribution in [3.05, 3.63) is 0 Å². The number of nitrogens with one attached hydrogen (secondary N) is 1. The molecule has 2 heteroatoms. The molecule has 0 spiro atoms. The Morgan fingerprint density at radius 2 is 2.00 bits per heavy atom. The van der Waals surface area contributed by atoms with E-state index >= 15 is 0 Å². The first-order chi connectivity index (χ1) is 5.44. The van der Waals surface area contributed by atoms with E-state index in [0.717, 1.165) is 6.42 Å². The van der Waals surface area contributed by atoms with Crippen molar-refractivity contribution in [2.24, 2.45) is 5.92 Å². The van der Waals surface area contributed by atoms with Gasteiger partial charge in [0.1, 0.15) is 0 Å². The number of carbonyl (C=O) groups excluding carboxylic acids is 1. The molecule has 0 aliphatic rings. The van der Waals surface area contributed by atoms with Crippen LogP contribution >= 0.6 is 0 Å². The minimum absolute atomic E-state index is 0.305. The van der Waals surface area contributed by atoms with E-state index in [1.807, 2.05) is 20.9 Å². The number of likely N-dealkylation sites (N-methyl/N-ethyl adjacent to an activating group) is 1. The Bertz CT molecular complexity index is 152. The van der Waals surface area contributed by atoms with Crippen molar-refractivity contribution in [3.63, 3.8) is 0 Å². The second-order valence-electron chi connectivity index (χ2n) is 4.02. The lowest BCUT2D eigenvalue weighted by Gasteiger charge is -2.23. The van der Waals surface area contributed by atoms with Gasteiger partial charge in [0.05, 0.1) is 5.54 Å². The first kappa shape index (κ1) is 11.6. The summed E-state index contributed by atoms with van der Waals surface area (Å²) >= 11 is 0. The zero-order chi connectivity index (χ0) is 9.78. The van der Waals surface area contributed by atoms with Gasteiger partial charge in [0.25, 0.3) is 0 Å². The molecule has 12 heavy (non-hydrogen) atoms. The molecule has 0 bridgehead atoms. The maximum Gasteiger partial charge on any atom is 0.152 e. The summed E-state index contributed by atoms with van der Waals surface area (Å²) in [6.45, 7) is 8.09. The quantitative estimate of drug-likeness (QED) is 0.685. The zero-order valence-corrected chi connectivity index (χ0v) is 8.90. The van der Waals surface area contributed by atoms with Gasteiger partial charge in [-0.2, -0.15) is 0 Å². The molecule has 0 amide bonds. The average molecular weight is 171 g/mol. The Morgan fingerprint density at radius 3 is 2.33 bits per heavy atom. The van der Waals surface area contributed by atoms with E-state index in [-0.39, 0.29) is 5.54 Å². The summed E-state index contributed by atoms with van der Waals surface area (Å²) in [4.78, 5) is 11.6. The number of hydrogen-bond donors (Lipinski definition) is 1. The Morgan fingerprint density at radius 1 is 1.50 bits per heavy atom. The lowest BCUT2D eigenvalue weighted by Crippen LogP contribution is -2.44. The first-order valence-corrected chi connectivity index (χ1v) is 4.66. The lowest BCUT2D eigenvalue weighted by atomic mass is 9.91. The van der Waals surface area contributed by atoms with Crippen molar-refractivity contribution in [2.75, 3.05) is 7.05 Å². The van der Waals surface area contributed by atoms with E-state index in [0.29, 0.717) is 18.1 Å². The number of ketones is 1. The molecule has 0 fully saturated rings. The van der Waals surface area contributed by atoms with E-state index in [1.54, 1.807) is 0 Å². The summed E-state index contributed by atoms with van der Waals surface area (Å²) in [5.74, 6) is 0.810. The molecule has 0 rings (SSSR count). The van der Waals surface area contributed by atoms with Gasteiger partial charge in [-0.3, -0.25) is 4.79 Å². The standard InChI is InChI=1S/C10H21NO/c1-6-8(2)7-9(12)10(3,4)11-5/h8,11H,6-7H2,1-5H3. The molecule has 0 aromatic rings.